The molecule has 0 amide bonds. The van der Waals surface area contributed by atoms with Crippen LogP contribution in [0.1, 0.15) is 27.7 Å². The number of pyridine rings is 2. The van der Waals surface area contributed by atoms with Crippen molar-refractivity contribution in [1.29, 1.82) is 0 Å². The Hall–Kier alpha value is -6.11. The number of hydrogen-bond donors (Lipinski definition) is 6. The number of fused-ring (bicyclic) bond motifs is 2. The van der Waals surface area contributed by atoms with E-state index in [1.54, 1.807) is 13.8 Å². The maximum atomic E-state index is 13.9. The molecule has 4 heterocycles. The molecule has 0 unspecified atom stereocenters. The van der Waals surface area contributed by atoms with E-state index in [4.69, 9.17) is 25.4 Å². The Morgan fingerprint density at radius 3 is 1.53 bits per heavy atom. The standard InChI is InChI=1S/C19H20F2N4O4.C17H15F2N3O5S.C3H9NO/c1-10(9-26)23-19-22-7-12-5-16(29-15-4-3-13(20)6-14(15)21)18(28)25(8-11(2)27)17(12)24-19;1-9(23)8-22-15-10(7-20-17(21-15)28(2,25)26)5-14(16(22)24)27-13-4-3-11(18)6-12(13)19;1-3(4)2-5/h3-7,10-11,26-27H,8-9H2,1-2H3,(H,22,23,24);3-7,9,23H,8H2,1-2H3;3,5H,2,4H2,1H3/t10-,11-;9-;3-/m000/s1. The molecule has 334 valence electrons. The summed E-state index contributed by atoms with van der Waals surface area (Å²) in [5, 5.41) is 39.7. The Bertz CT molecular complexity index is 2760. The maximum absolute atomic E-state index is 13.9. The van der Waals surface area contributed by atoms with Crippen LogP contribution in [0.3, 0.4) is 0 Å². The van der Waals surface area contributed by atoms with Crippen LogP contribution in [0.15, 0.2) is 75.7 Å². The number of halogens is 4. The number of nitrogens with zero attached hydrogens (tertiary/aromatic N) is 6. The summed E-state index contributed by atoms with van der Waals surface area (Å²) >= 11 is 0. The van der Waals surface area contributed by atoms with Gasteiger partial charge in [-0.05, 0) is 64.1 Å². The highest BCUT2D eigenvalue weighted by Crippen LogP contribution is 2.27. The van der Waals surface area contributed by atoms with Gasteiger partial charge < -0.3 is 41.0 Å². The fourth-order valence-electron chi connectivity index (χ4n) is 5.13. The zero-order valence-electron chi connectivity index (χ0n) is 33.8. The van der Waals surface area contributed by atoms with Crippen LogP contribution in [-0.4, -0.2) is 102 Å². The lowest BCUT2D eigenvalue weighted by Gasteiger charge is -2.16. The lowest BCUT2D eigenvalue weighted by atomic mass is 10.2. The van der Waals surface area contributed by atoms with E-state index in [1.807, 2.05) is 0 Å². The number of nitrogens with one attached hydrogen (secondary N) is 1. The van der Waals surface area contributed by atoms with Crippen LogP contribution in [0.4, 0.5) is 23.5 Å². The van der Waals surface area contributed by atoms with E-state index in [1.165, 1.54) is 42.9 Å². The third-order valence-electron chi connectivity index (χ3n) is 7.96. The van der Waals surface area contributed by atoms with Gasteiger partial charge in [0, 0.05) is 53.6 Å². The van der Waals surface area contributed by atoms with Crippen LogP contribution >= 0.6 is 0 Å². The number of rotatable bonds is 13. The number of sulfone groups is 1. The molecule has 7 N–H and O–H groups in total. The number of ether oxygens (including phenoxy) is 2. The smallest absolute Gasteiger partial charge is 0.295 e. The molecular formula is C39H44F4N8O10S. The predicted molar refractivity (Wildman–Crippen MR) is 218 cm³/mol. The van der Waals surface area contributed by atoms with Crippen molar-refractivity contribution in [3.05, 3.63) is 105 Å². The van der Waals surface area contributed by atoms with Crippen molar-refractivity contribution in [2.75, 3.05) is 24.8 Å². The topological polar surface area (TPSA) is 267 Å². The minimum Gasteiger partial charge on any atom is -0.448 e. The highest BCUT2D eigenvalue weighted by Gasteiger charge is 2.20. The predicted octanol–water partition coefficient (Wildman–Crippen LogP) is 3.01. The summed E-state index contributed by atoms with van der Waals surface area (Å²) in [6, 6.07) is 7.52. The third-order valence-corrected chi connectivity index (χ3v) is 8.82. The number of benzene rings is 2. The van der Waals surface area contributed by atoms with Crippen molar-refractivity contribution >= 4 is 37.9 Å². The van der Waals surface area contributed by atoms with Gasteiger partial charge in [-0.1, -0.05) is 0 Å². The fraction of sp³-hybridized carbons (Fsp3) is 0.333. The molecule has 0 aliphatic carbocycles. The lowest BCUT2D eigenvalue weighted by molar-refractivity contribution is 0.173. The van der Waals surface area contributed by atoms with Crippen molar-refractivity contribution in [2.24, 2.45) is 5.73 Å². The molecule has 0 aliphatic heterocycles. The molecule has 2 aromatic carbocycles. The van der Waals surface area contributed by atoms with E-state index in [-0.39, 0.29) is 84.0 Å². The summed E-state index contributed by atoms with van der Waals surface area (Å²) in [7, 11) is -3.74. The van der Waals surface area contributed by atoms with Crippen LogP contribution in [0.25, 0.3) is 22.1 Å². The number of hydrogen-bond acceptors (Lipinski definition) is 16. The molecule has 0 spiro atoms. The highest BCUT2D eigenvalue weighted by molar-refractivity contribution is 7.90. The van der Waals surface area contributed by atoms with Crippen molar-refractivity contribution < 1.29 is 55.9 Å². The van der Waals surface area contributed by atoms with Gasteiger partial charge >= 0.3 is 0 Å². The first kappa shape index (κ1) is 48.6. The molecule has 6 aromatic rings. The number of nitrogens with two attached hydrogens (primary N) is 1. The van der Waals surface area contributed by atoms with Gasteiger partial charge in [-0.3, -0.25) is 18.7 Å². The van der Waals surface area contributed by atoms with E-state index < -0.39 is 61.6 Å². The van der Waals surface area contributed by atoms with Crippen LogP contribution < -0.4 is 31.6 Å². The summed E-state index contributed by atoms with van der Waals surface area (Å²) in [4.78, 5) is 41.8. The van der Waals surface area contributed by atoms with Gasteiger partial charge in [-0.25, -0.2) is 35.9 Å². The second-order valence-corrected chi connectivity index (χ2v) is 15.9. The molecular weight excluding hydrogens is 849 g/mol. The molecule has 6 rings (SSSR count). The first-order chi connectivity index (χ1) is 29.1. The number of aromatic nitrogens is 6. The zero-order chi connectivity index (χ0) is 46.1. The second-order valence-electron chi connectivity index (χ2n) is 14.0. The number of anilines is 1. The Kier molecular flexibility index (Phi) is 16.5. The van der Waals surface area contributed by atoms with Crippen molar-refractivity contribution in [3.63, 3.8) is 0 Å². The normalized spacial score (nSPS) is 13.3. The third kappa shape index (κ3) is 13.0. The minimum atomic E-state index is -3.74. The number of aliphatic hydroxyl groups excluding tert-OH is 4. The highest BCUT2D eigenvalue weighted by atomic mass is 32.2. The first-order valence-corrected chi connectivity index (χ1v) is 20.4. The first-order valence-electron chi connectivity index (χ1n) is 18.5. The summed E-state index contributed by atoms with van der Waals surface area (Å²) in [5.41, 5.74) is 3.80. The zero-order valence-corrected chi connectivity index (χ0v) is 34.6. The van der Waals surface area contributed by atoms with E-state index >= 15 is 0 Å². The molecule has 0 radical (unpaired) electrons. The number of aliphatic hydroxyl groups is 4. The van der Waals surface area contributed by atoms with Crippen LogP contribution in [0.2, 0.25) is 0 Å². The Labute approximate surface area is 350 Å². The van der Waals surface area contributed by atoms with Gasteiger partial charge in [0.1, 0.15) is 22.9 Å². The van der Waals surface area contributed by atoms with Crippen LogP contribution in [0, 0.1) is 23.3 Å². The quantitative estimate of drug-likeness (QED) is 0.0719. The van der Waals surface area contributed by atoms with Crippen LogP contribution in [-0.2, 0) is 22.9 Å². The summed E-state index contributed by atoms with van der Waals surface area (Å²) in [6.07, 6.45) is 1.66. The molecule has 4 atom stereocenters. The molecule has 0 bridgehead atoms. The minimum absolute atomic E-state index is 0.0340. The van der Waals surface area contributed by atoms with Gasteiger partial charge in [-0.15, -0.1) is 0 Å². The molecule has 62 heavy (non-hydrogen) atoms. The molecule has 0 saturated carbocycles. The average Bonchev–Trinajstić information content (AvgIpc) is 3.19. The van der Waals surface area contributed by atoms with Crippen molar-refractivity contribution in [1.82, 2.24) is 29.1 Å². The van der Waals surface area contributed by atoms with Crippen molar-refractivity contribution in [2.45, 2.75) is 70.2 Å². The van der Waals surface area contributed by atoms with Crippen LogP contribution in [0.5, 0.6) is 23.0 Å². The summed E-state index contributed by atoms with van der Waals surface area (Å²) < 4.78 is 90.3. The van der Waals surface area contributed by atoms with Gasteiger partial charge in [0.2, 0.25) is 20.9 Å². The van der Waals surface area contributed by atoms with E-state index in [0.29, 0.717) is 17.5 Å². The van der Waals surface area contributed by atoms with E-state index in [2.05, 4.69) is 25.3 Å². The largest absolute Gasteiger partial charge is 0.448 e. The van der Waals surface area contributed by atoms with E-state index in [9.17, 15) is 45.8 Å². The molecule has 0 fully saturated rings. The molecule has 0 saturated heterocycles. The monoisotopic (exact) mass is 892 g/mol. The summed E-state index contributed by atoms with van der Waals surface area (Å²) in [6.45, 7) is 6.02. The Morgan fingerprint density at radius 2 is 1.15 bits per heavy atom. The molecule has 4 aromatic heterocycles. The van der Waals surface area contributed by atoms with Gasteiger partial charge in [0.15, 0.2) is 34.6 Å². The van der Waals surface area contributed by atoms with Gasteiger partial charge in [0.25, 0.3) is 11.1 Å². The molecule has 18 nitrogen and oxygen atoms in total. The molecule has 0 aliphatic rings. The van der Waals surface area contributed by atoms with Gasteiger partial charge in [0.05, 0.1) is 38.5 Å². The second kappa shape index (κ2) is 21.1. The lowest BCUT2D eigenvalue weighted by Crippen LogP contribution is -2.27. The Morgan fingerprint density at radius 1 is 0.710 bits per heavy atom. The van der Waals surface area contributed by atoms with Gasteiger partial charge in [-0.2, -0.15) is 9.97 Å². The van der Waals surface area contributed by atoms with E-state index in [0.717, 1.165) is 35.1 Å². The summed E-state index contributed by atoms with van der Waals surface area (Å²) in [5.74, 6) is -4.60. The Balaban J connectivity index is 0.000000246. The fourth-order valence-corrected chi connectivity index (χ4v) is 5.63. The average molecular weight is 893 g/mol. The van der Waals surface area contributed by atoms with Crippen molar-refractivity contribution in [3.8, 4) is 23.0 Å². The SMILES string of the molecule is C[C@H](N)CO.C[C@H](O)Cn1c(=O)c(Oc2ccc(F)cc2F)cc2cnc(N[C@@H](C)CO)nc21.C[C@H](O)Cn1c(=O)c(Oc2ccc(F)cc2F)cc2cnc(S(C)(=O)=O)nc21. The maximum Gasteiger partial charge on any atom is 0.295 e. The molecule has 23 heteroatoms.